The van der Waals surface area contributed by atoms with Crippen LogP contribution in [0.1, 0.15) is 0 Å². The van der Waals surface area contributed by atoms with Crippen molar-refractivity contribution < 1.29 is 4.74 Å². The lowest BCUT2D eigenvalue weighted by atomic mass is 10.3. The fraction of sp³-hybridized carbons (Fsp3) is 0.400. The lowest BCUT2D eigenvalue weighted by molar-refractivity contribution is 0.415. The molecule has 1 rings (SSSR count). The number of anilines is 1. The molecule has 0 aliphatic heterocycles. The number of methoxy groups -OCH3 is 1. The van der Waals surface area contributed by atoms with E-state index < -0.39 is 0 Å². The van der Waals surface area contributed by atoms with E-state index in [1.54, 1.807) is 7.11 Å². The highest BCUT2D eigenvalue weighted by Crippen LogP contribution is 2.28. The number of hydrogen-bond donors (Lipinski definition) is 1. The monoisotopic (exact) mass is 214 g/mol. The van der Waals surface area contributed by atoms with Gasteiger partial charge in [-0.15, -0.1) is 0 Å². The van der Waals surface area contributed by atoms with Crippen LogP contribution in [0.5, 0.6) is 5.75 Å². The molecule has 0 unspecified atom stereocenters. The van der Waals surface area contributed by atoms with Gasteiger partial charge in [0.2, 0.25) is 0 Å². The summed E-state index contributed by atoms with van der Waals surface area (Å²) in [6.45, 7) is 1.43. The van der Waals surface area contributed by atoms with Gasteiger partial charge in [0.15, 0.2) is 0 Å². The third kappa shape index (κ3) is 2.53. The van der Waals surface area contributed by atoms with Gasteiger partial charge in [-0.1, -0.05) is 11.6 Å². The molecule has 3 nitrogen and oxygen atoms in total. The first kappa shape index (κ1) is 11.1. The highest BCUT2D eigenvalue weighted by Gasteiger charge is 2.04. The van der Waals surface area contributed by atoms with E-state index in [0.29, 0.717) is 17.3 Å². The highest BCUT2D eigenvalue weighted by molar-refractivity contribution is 6.32. The molecule has 0 aliphatic rings. The molecule has 0 saturated heterocycles. The molecule has 0 radical (unpaired) electrons. The zero-order valence-electron chi connectivity index (χ0n) is 8.46. The van der Waals surface area contributed by atoms with E-state index in [-0.39, 0.29) is 0 Å². The zero-order chi connectivity index (χ0) is 10.6. The number of nitrogens with two attached hydrogens (primary N) is 1. The van der Waals surface area contributed by atoms with Crippen LogP contribution in [0.3, 0.4) is 0 Å². The van der Waals surface area contributed by atoms with Crippen molar-refractivity contribution in [2.45, 2.75) is 0 Å². The first-order valence-electron chi connectivity index (χ1n) is 4.43. The number of ether oxygens (including phenoxy) is 1. The lowest BCUT2D eigenvalue weighted by Crippen LogP contribution is -2.24. The Morgan fingerprint density at radius 1 is 1.50 bits per heavy atom. The van der Waals surface area contributed by atoms with Crippen LogP contribution in [0.4, 0.5) is 5.69 Å². The minimum Gasteiger partial charge on any atom is -0.495 e. The summed E-state index contributed by atoms with van der Waals surface area (Å²) in [5, 5.41) is 0.619. The molecule has 4 heteroatoms. The standard InChI is InChI=1S/C10H15ClN2O/c1-13(6-5-12)8-3-4-10(14-2)9(11)7-8/h3-4,7H,5-6,12H2,1-2H3. The summed E-state index contributed by atoms with van der Waals surface area (Å²) in [5.41, 5.74) is 6.50. The Hall–Kier alpha value is -0.930. The Morgan fingerprint density at radius 2 is 2.21 bits per heavy atom. The van der Waals surface area contributed by atoms with Gasteiger partial charge in [0.25, 0.3) is 0 Å². The average molecular weight is 215 g/mol. The van der Waals surface area contributed by atoms with Crippen LogP contribution in [0, 0.1) is 0 Å². The van der Waals surface area contributed by atoms with Gasteiger partial charge in [0.1, 0.15) is 5.75 Å². The minimum atomic E-state index is 0.619. The average Bonchev–Trinajstić information content (AvgIpc) is 2.18. The Bertz CT molecular complexity index is 304. The summed E-state index contributed by atoms with van der Waals surface area (Å²) in [7, 11) is 3.58. The van der Waals surface area contributed by atoms with E-state index >= 15 is 0 Å². The Labute approximate surface area is 89.4 Å². The van der Waals surface area contributed by atoms with Gasteiger partial charge in [0, 0.05) is 25.8 Å². The Balaban J connectivity index is 2.85. The van der Waals surface area contributed by atoms with E-state index in [9.17, 15) is 0 Å². The second-order valence-electron chi connectivity index (χ2n) is 3.03. The molecule has 0 fully saturated rings. The molecule has 1 aromatic rings. The molecule has 14 heavy (non-hydrogen) atoms. The van der Waals surface area contributed by atoms with Crippen LogP contribution in [0.15, 0.2) is 18.2 Å². The van der Waals surface area contributed by atoms with Crippen molar-refractivity contribution in [1.29, 1.82) is 0 Å². The van der Waals surface area contributed by atoms with Crippen molar-refractivity contribution in [3.63, 3.8) is 0 Å². The van der Waals surface area contributed by atoms with Gasteiger partial charge in [-0.3, -0.25) is 0 Å². The molecule has 0 aliphatic carbocycles. The molecule has 1 aromatic carbocycles. The highest BCUT2D eigenvalue weighted by atomic mass is 35.5. The quantitative estimate of drug-likeness (QED) is 0.830. The van der Waals surface area contributed by atoms with Crippen molar-refractivity contribution in [3.05, 3.63) is 23.2 Å². The third-order valence-corrected chi connectivity index (χ3v) is 2.34. The first-order valence-corrected chi connectivity index (χ1v) is 4.81. The van der Waals surface area contributed by atoms with E-state index in [4.69, 9.17) is 22.1 Å². The number of nitrogens with zero attached hydrogens (tertiary/aromatic N) is 1. The second-order valence-corrected chi connectivity index (χ2v) is 3.44. The number of hydrogen-bond acceptors (Lipinski definition) is 3. The van der Waals surface area contributed by atoms with Crippen LogP contribution < -0.4 is 15.4 Å². The predicted octanol–water partition coefficient (Wildman–Crippen LogP) is 1.74. The molecular formula is C10H15ClN2O. The SMILES string of the molecule is COc1ccc(N(C)CCN)cc1Cl. The molecule has 0 bridgehead atoms. The van der Waals surface area contributed by atoms with Gasteiger partial charge in [-0.2, -0.15) is 0 Å². The Kier molecular flexibility index (Phi) is 4.04. The van der Waals surface area contributed by atoms with Crippen molar-refractivity contribution in [1.82, 2.24) is 0 Å². The number of benzene rings is 1. The van der Waals surface area contributed by atoms with Gasteiger partial charge in [-0.05, 0) is 18.2 Å². The Morgan fingerprint density at radius 3 is 2.71 bits per heavy atom. The molecule has 0 amide bonds. The molecular weight excluding hydrogens is 200 g/mol. The molecule has 0 atom stereocenters. The normalized spacial score (nSPS) is 10.0. The first-order chi connectivity index (χ1) is 6.69. The maximum atomic E-state index is 5.99. The van der Waals surface area contributed by atoms with E-state index in [1.807, 2.05) is 30.1 Å². The molecule has 78 valence electrons. The third-order valence-electron chi connectivity index (χ3n) is 2.04. The van der Waals surface area contributed by atoms with Gasteiger partial charge < -0.3 is 15.4 Å². The van der Waals surface area contributed by atoms with E-state index in [1.165, 1.54) is 0 Å². The maximum Gasteiger partial charge on any atom is 0.137 e. The van der Waals surface area contributed by atoms with Crippen molar-refractivity contribution in [2.75, 3.05) is 32.1 Å². The van der Waals surface area contributed by atoms with E-state index in [2.05, 4.69) is 0 Å². The van der Waals surface area contributed by atoms with Crippen molar-refractivity contribution >= 4 is 17.3 Å². The van der Waals surface area contributed by atoms with Crippen LogP contribution >= 0.6 is 11.6 Å². The predicted molar refractivity (Wildman–Crippen MR) is 60.3 cm³/mol. The topological polar surface area (TPSA) is 38.5 Å². The largest absolute Gasteiger partial charge is 0.495 e. The summed E-state index contributed by atoms with van der Waals surface area (Å²) < 4.78 is 5.06. The smallest absolute Gasteiger partial charge is 0.137 e. The van der Waals surface area contributed by atoms with Crippen LogP contribution in [0.25, 0.3) is 0 Å². The summed E-state index contributed by atoms with van der Waals surface area (Å²) >= 11 is 5.99. The molecule has 2 N–H and O–H groups in total. The maximum absolute atomic E-state index is 5.99. The van der Waals surface area contributed by atoms with Crippen LogP contribution in [-0.4, -0.2) is 27.2 Å². The molecule has 0 saturated carbocycles. The fourth-order valence-electron chi connectivity index (χ4n) is 1.22. The molecule has 0 spiro atoms. The van der Waals surface area contributed by atoms with Gasteiger partial charge in [0.05, 0.1) is 12.1 Å². The summed E-state index contributed by atoms with van der Waals surface area (Å²) in [6.07, 6.45) is 0. The summed E-state index contributed by atoms with van der Waals surface area (Å²) in [4.78, 5) is 2.05. The number of likely N-dealkylation sites (N-methyl/N-ethyl adjacent to an activating group) is 1. The number of rotatable bonds is 4. The number of halogens is 1. The van der Waals surface area contributed by atoms with Gasteiger partial charge >= 0.3 is 0 Å². The summed E-state index contributed by atoms with van der Waals surface area (Å²) in [5.74, 6) is 0.691. The lowest BCUT2D eigenvalue weighted by Gasteiger charge is -2.18. The van der Waals surface area contributed by atoms with E-state index in [0.717, 1.165) is 12.2 Å². The van der Waals surface area contributed by atoms with Crippen molar-refractivity contribution in [3.8, 4) is 5.75 Å². The van der Waals surface area contributed by atoms with Crippen LogP contribution in [-0.2, 0) is 0 Å². The van der Waals surface area contributed by atoms with Gasteiger partial charge in [-0.25, -0.2) is 0 Å². The zero-order valence-corrected chi connectivity index (χ0v) is 9.21. The van der Waals surface area contributed by atoms with Crippen LogP contribution in [0.2, 0.25) is 5.02 Å². The fourth-order valence-corrected chi connectivity index (χ4v) is 1.47. The summed E-state index contributed by atoms with van der Waals surface area (Å²) in [6, 6.07) is 5.68. The minimum absolute atomic E-state index is 0.619. The molecule has 0 aromatic heterocycles. The second kappa shape index (κ2) is 5.08. The van der Waals surface area contributed by atoms with Crippen molar-refractivity contribution in [2.24, 2.45) is 5.73 Å². The molecule has 0 heterocycles.